The van der Waals surface area contributed by atoms with Gasteiger partial charge in [-0.1, -0.05) is 18.2 Å². The maximum Gasteiger partial charge on any atom is 0.416 e. The Hall–Kier alpha value is -2.55. The van der Waals surface area contributed by atoms with Gasteiger partial charge in [0.05, 0.1) is 23.8 Å². The molecule has 3 rings (SSSR count). The number of benzene rings is 1. The van der Waals surface area contributed by atoms with Crippen molar-refractivity contribution in [1.29, 1.82) is 0 Å². The first-order valence-electron chi connectivity index (χ1n) is 8.24. The van der Waals surface area contributed by atoms with Gasteiger partial charge < -0.3 is 5.32 Å². The van der Waals surface area contributed by atoms with Gasteiger partial charge >= 0.3 is 6.18 Å². The van der Waals surface area contributed by atoms with Crippen LogP contribution in [-0.2, 0) is 30.9 Å². The molecule has 9 heteroatoms. The number of nitrogens with one attached hydrogen (secondary N) is 3. The summed E-state index contributed by atoms with van der Waals surface area (Å²) in [5.74, 6) is 0.346. The van der Waals surface area contributed by atoms with E-state index in [0.717, 1.165) is 36.0 Å². The number of rotatable bonds is 4. The van der Waals surface area contributed by atoms with Crippen LogP contribution >= 0.6 is 0 Å². The van der Waals surface area contributed by atoms with Crippen LogP contribution in [0.2, 0.25) is 0 Å². The van der Waals surface area contributed by atoms with Crippen molar-refractivity contribution in [2.24, 2.45) is 7.05 Å². The Bertz CT molecular complexity index is 815. The summed E-state index contributed by atoms with van der Waals surface area (Å²) in [7, 11) is 1.83. The van der Waals surface area contributed by atoms with Crippen LogP contribution in [0, 0.1) is 6.92 Å². The summed E-state index contributed by atoms with van der Waals surface area (Å²) in [5.41, 5.74) is 6.58. The van der Waals surface area contributed by atoms with Crippen LogP contribution in [0.15, 0.2) is 24.3 Å². The van der Waals surface area contributed by atoms with Gasteiger partial charge in [0.2, 0.25) is 5.91 Å². The van der Waals surface area contributed by atoms with Crippen molar-refractivity contribution in [1.82, 2.24) is 20.6 Å². The molecule has 0 radical (unpaired) electrons. The van der Waals surface area contributed by atoms with E-state index in [1.807, 2.05) is 14.0 Å². The van der Waals surface area contributed by atoms with E-state index in [1.54, 1.807) is 4.68 Å². The summed E-state index contributed by atoms with van der Waals surface area (Å²) in [6, 6.07) is 5.08. The summed E-state index contributed by atoms with van der Waals surface area (Å²) >= 11 is 0. The third kappa shape index (κ3) is 3.82. The minimum atomic E-state index is -4.48. The van der Waals surface area contributed by atoms with Crippen molar-refractivity contribution in [2.45, 2.75) is 38.5 Å². The highest BCUT2D eigenvalue weighted by Gasteiger charge is 2.33. The maximum absolute atomic E-state index is 13.0. The highest BCUT2D eigenvalue weighted by Crippen LogP contribution is 2.32. The highest BCUT2D eigenvalue weighted by molar-refractivity contribution is 5.78. The Morgan fingerprint density at radius 3 is 2.85 bits per heavy atom. The zero-order valence-electron chi connectivity index (χ0n) is 14.4. The number of fused-ring (bicyclic) bond motifs is 1. The summed E-state index contributed by atoms with van der Waals surface area (Å²) in [6.07, 6.45) is -3.54. The first-order valence-corrected chi connectivity index (χ1v) is 8.24. The fraction of sp³-hybridized carbons (Fsp3) is 0.412. The van der Waals surface area contributed by atoms with Crippen LogP contribution in [-0.4, -0.2) is 21.9 Å². The molecule has 2 aromatic rings. The number of carbonyl (C=O) groups is 1. The predicted molar refractivity (Wildman–Crippen MR) is 90.1 cm³/mol. The van der Waals surface area contributed by atoms with Gasteiger partial charge in [-0.25, -0.2) is 5.43 Å². The molecule has 0 fully saturated rings. The lowest BCUT2D eigenvalue weighted by molar-refractivity contribution is -0.138. The number of nitrogens with zero attached hydrogens (tertiary/aromatic N) is 2. The first-order chi connectivity index (χ1) is 12.3. The molecule has 0 saturated carbocycles. The SMILES string of the molecule is Cc1nn(C)c2c1CCC(NNC(=O)Cc1ccccc1C(F)(F)F)N2. The number of hydrogen-bond acceptors (Lipinski definition) is 4. The Morgan fingerprint density at radius 1 is 1.38 bits per heavy atom. The molecule has 1 aliphatic rings. The lowest BCUT2D eigenvalue weighted by atomic mass is 10.0. The van der Waals surface area contributed by atoms with E-state index in [4.69, 9.17) is 0 Å². The molecule has 1 aromatic carbocycles. The first kappa shape index (κ1) is 18.2. The molecule has 26 heavy (non-hydrogen) atoms. The highest BCUT2D eigenvalue weighted by atomic mass is 19.4. The molecule has 1 aromatic heterocycles. The van der Waals surface area contributed by atoms with E-state index in [1.165, 1.54) is 18.2 Å². The van der Waals surface area contributed by atoms with Crippen LogP contribution in [0.3, 0.4) is 0 Å². The van der Waals surface area contributed by atoms with Crippen molar-refractivity contribution < 1.29 is 18.0 Å². The average Bonchev–Trinajstić information content (AvgIpc) is 2.86. The normalized spacial score (nSPS) is 16.7. The fourth-order valence-corrected chi connectivity index (χ4v) is 3.15. The molecule has 0 spiro atoms. The van der Waals surface area contributed by atoms with Gasteiger partial charge in [0.15, 0.2) is 0 Å². The molecule has 0 saturated heterocycles. The molecule has 0 aliphatic carbocycles. The van der Waals surface area contributed by atoms with Gasteiger partial charge in [0, 0.05) is 12.6 Å². The minimum absolute atomic E-state index is 0.0551. The molecular weight excluding hydrogens is 347 g/mol. The number of aromatic nitrogens is 2. The van der Waals surface area contributed by atoms with Gasteiger partial charge in [-0.05, 0) is 31.4 Å². The van der Waals surface area contributed by atoms with Crippen LogP contribution < -0.4 is 16.2 Å². The number of halogens is 3. The zero-order chi connectivity index (χ0) is 18.9. The second-order valence-electron chi connectivity index (χ2n) is 6.30. The number of carbonyl (C=O) groups excluding carboxylic acids is 1. The smallest absolute Gasteiger partial charge is 0.353 e. The van der Waals surface area contributed by atoms with Crippen LogP contribution in [0.4, 0.5) is 19.0 Å². The Balaban J connectivity index is 1.58. The van der Waals surface area contributed by atoms with E-state index < -0.39 is 17.6 Å². The van der Waals surface area contributed by atoms with E-state index in [-0.39, 0.29) is 18.2 Å². The molecule has 0 bridgehead atoms. The number of alkyl halides is 3. The van der Waals surface area contributed by atoms with Gasteiger partial charge in [0.1, 0.15) is 5.82 Å². The minimum Gasteiger partial charge on any atom is -0.353 e. The summed E-state index contributed by atoms with van der Waals surface area (Å²) in [5, 5.41) is 7.58. The topological polar surface area (TPSA) is 71.0 Å². The molecular formula is C17H20F3N5O. The number of amides is 1. The summed E-state index contributed by atoms with van der Waals surface area (Å²) in [4.78, 5) is 12.1. The molecule has 2 heterocycles. The third-order valence-corrected chi connectivity index (χ3v) is 4.40. The zero-order valence-corrected chi connectivity index (χ0v) is 14.4. The molecule has 1 aliphatic heterocycles. The van der Waals surface area contributed by atoms with Crippen molar-refractivity contribution >= 4 is 11.7 Å². The molecule has 3 N–H and O–H groups in total. The predicted octanol–water partition coefficient (Wildman–Crippen LogP) is 2.30. The lowest BCUT2D eigenvalue weighted by Gasteiger charge is -2.26. The van der Waals surface area contributed by atoms with Crippen molar-refractivity contribution in [3.05, 3.63) is 46.6 Å². The van der Waals surface area contributed by atoms with Gasteiger partial charge in [-0.15, -0.1) is 0 Å². The maximum atomic E-state index is 13.0. The van der Waals surface area contributed by atoms with Gasteiger partial charge in [-0.2, -0.15) is 18.3 Å². The summed E-state index contributed by atoms with van der Waals surface area (Å²) in [6.45, 7) is 1.94. The van der Waals surface area contributed by atoms with Crippen LogP contribution in [0.1, 0.15) is 28.8 Å². The number of hydrazine groups is 1. The van der Waals surface area contributed by atoms with Crippen molar-refractivity contribution in [3.8, 4) is 0 Å². The molecule has 1 atom stereocenters. The molecule has 1 unspecified atom stereocenters. The van der Waals surface area contributed by atoms with E-state index in [2.05, 4.69) is 21.3 Å². The van der Waals surface area contributed by atoms with E-state index in [9.17, 15) is 18.0 Å². The molecule has 140 valence electrons. The lowest BCUT2D eigenvalue weighted by Crippen LogP contribution is -2.50. The monoisotopic (exact) mass is 367 g/mol. The van der Waals surface area contributed by atoms with E-state index in [0.29, 0.717) is 0 Å². The number of aryl methyl sites for hydroxylation is 2. The average molecular weight is 367 g/mol. The standard InChI is InChI=1S/C17H20F3N5O/c1-10-12-7-8-14(21-16(12)25(2)24-10)22-23-15(26)9-11-5-3-4-6-13(11)17(18,19)20/h3-6,14,21-22H,7-9H2,1-2H3,(H,23,26). The Morgan fingerprint density at radius 2 is 2.12 bits per heavy atom. The van der Waals surface area contributed by atoms with E-state index >= 15 is 0 Å². The van der Waals surface area contributed by atoms with Crippen LogP contribution in [0.5, 0.6) is 0 Å². The Labute approximate surface area is 148 Å². The van der Waals surface area contributed by atoms with Crippen molar-refractivity contribution in [2.75, 3.05) is 5.32 Å². The van der Waals surface area contributed by atoms with Crippen LogP contribution in [0.25, 0.3) is 0 Å². The molecule has 6 nitrogen and oxygen atoms in total. The number of hydrogen-bond donors (Lipinski definition) is 3. The second-order valence-corrected chi connectivity index (χ2v) is 6.30. The molecule has 1 amide bonds. The second kappa shape index (κ2) is 6.99. The number of anilines is 1. The van der Waals surface area contributed by atoms with Gasteiger partial charge in [-0.3, -0.25) is 14.9 Å². The largest absolute Gasteiger partial charge is 0.416 e. The summed E-state index contributed by atoms with van der Waals surface area (Å²) < 4.78 is 40.7. The quantitative estimate of drug-likeness (QED) is 0.726. The van der Waals surface area contributed by atoms with Crippen molar-refractivity contribution in [3.63, 3.8) is 0 Å². The Kier molecular flexibility index (Phi) is 4.90. The fourth-order valence-electron chi connectivity index (χ4n) is 3.15. The van der Waals surface area contributed by atoms with Gasteiger partial charge in [0.25, 0.3) is 0 Å². The third-order valence-electron chi connectivity index (χ3n) is 4.40.